The molecule has 0 aliphatic heterocycles. The summed E-state index contributed by atoms with van der Waals surface area (Å²) >= 11 is 0. The number of rotatable bonds is 5. The zero-order valence-corrected chi connectivity index (χ0v) is 11.0. The van der Waals surface area contributed by atoms with Crippen LogP contribution in [-0.2, 0) is 6.42 Å². The van der Waals surface area contributed by atoms with E-state index >= 15 is 0 Å². The number of likely N-dealkylation sites (N-methyl/N-ethyl adjacent to an activating group) is 1. The summed E-state index contributed by atoms with van der Waals surface area (Å²) in [7, 11) is 2.00. The molecule has 1 saturated carbocycles. The van der Waals surface area contributed by atoms with Gasteiger partial charge in [-0.25, -0.2) is 0 Å². The maximum absolute atomic E-state index is 5.30. The maximum atomic E-state index is 5.30. The molecule has 1 aliphatic rings. The molecule has 2 heterocycles. The van der Waals surface area contributed by atoms with E-state index in [1.807, 2.05) is 7.05 Å². The van der Waals surface area contributed by atoms with Gasteiger partial charge in [-0.15, -0.1) is 0 Å². The van der Waals surface area contributed by atoms with E-state index in [0.717, 1.165) is 6.42 Å². The molecule has 102 valence electrons. The number of nitrogens with zero attached hydrogens (tertiary/aromatic N) is 4. The van der Waals surface area contributed by atoms with Crippen LogP contribution in [0, 0.1) is 5.92 Å². The molecule has 7 nitrogen and oxygen atoms in total. The zero-order chi connectivity index (χ0) is 13.1. The van der Waals surface area contributed by atoms with Gasteiger partial charge in [-0.3, -0.25) is 0 Å². The van der Waals surface area contributed by atoms with Crippen molar-refractivity contribution >= 4 is 0 Å². The van der Waals surface area contributed by atoms with Gasteiger partial charge in [-0.1, -0.05) is 18.0 Å². The lowest BCUT2D eigenvalue weighted by molar-refractivity contribution is 0.318. The van der Waals surface area contributed by atoms with Crippen molar-refractivity contribution in [1.82, 2.24) is 30.9 Å². The van der Waals surface area contributed by atoms with Gasteiger partial charge in [0.15, 0.2) is 5.69 Å². The molecular formula is C12H18N6O. The predicted molar refractivity (Wildman–Crippen MR) is 68.2 cm³/mol. The van der Waals surface area contributed by atoms with E-state index in [1.54, 1.807) is 6.20 Å². The van der Waals surface area contributed by atoms with E-state index in [4.69, 9.17) is 4.52 Å². The van der Waals surface area contributed by atoms with Crippen LogP contribution >= 0.6 is 0 Å². The highest BCUT2D eigenvalue weighted by atomic mass is 16.5. The number of H-pyrrole nitrogens is 1. The average molecular weight is 262 g/mol. The Morgan fingerprint density at radius 3 is 3.00 bits per heavy atom. The molecule has 2 aromatic rings. The second kappa shape index (κ2) is 5.48. The Labute approximate surface area is 111 Å². The van der Waals surface area contributed by atoms with E-state index in [1.165, 1.54) is 25.7 Å². The van der Waals surface area contributed by atoms with Crippen molar-refractivity contribution in [3.63, 3.8) is 0 Å². The van der Waals surface area contributed by atoms with E-state index in [9.17, 15) is 0 Å². The van der Waals surface area contributed by atoms with Crippen molar-refractivity contribution in [1.29, 1.82) is 0 Å². The van der Waals surface area contributed by atoms with Crippen LogP contribution in [0.25, 0.3) is 11.5 Å². The van der Waals surface area contributed by atoms with Gasteiger partial charge in [0.1, 0.15) is 0 Å². The highest BCUT2D eigenvalue weighted by Crippen LogP contribution is 2.29. The molecule has 7 heteroatoms. The highest BCUT2D eigenvalue weighted by molar-refractivity contribution is 5.44. The minimum atomic E-state index is 0.410. The van der Waals surface area contributed by atoms with Crippen LogP contribution in [0.4, 0.5) is 0 Å². The lowest BCUT2D eigenvalue weighted by atomic mass is 9.95. The molecule has 1 unspecified atom stereocenters. The number of aromatic amines is 1. The zero-order valence-electron chi connectivity index (χ0n) is 11.0. The van der Waals surface area contributed by atoms with Crippen molar-refractivity contribution in [2.45, 2.75) is 38.1 Å². The van der Waals surface area contributed by atoms with Gasteiger partial charge in [0.25, 0.3) is 0 Å². The first-order chi connectivity index (χ1) is 9.36. The molecule has 3 rings (SSSR count). The summed E-state index contributed by atoms with van der Waals surface area (Å²) in [6.07, 6.45) is 7.59. The topological polar surface area (TPSA) is 92.5 Å². The third kappa shape index (κ3) is 2.65. The van der Waals surface area contributed by atoms with E-state index in [0.29, 0.717) is 29.4 Å². The first-order valence-corrected chi connectivity index (χ1v) is 6.73. The van der Waals surface area contributed by atoms with Gasteiger partial charge in [0.05, 0.1) is 6.20 Å². The first-order valence-electron chi connectivity index (χ1n) is 6.73. The standard InChI is InChI=1S/C12H18N6O/c1-13-9(8-4-2-3-5-8)6-11-15-12(17-19-11)10-7-14-18-16-10/h7-9,13H,2-6H2,1H3,(H,14,16,18). The Balaban J connectivity index is 1.68. The Morgan fingerprint density at radius 1 is 1.47 bits per heavy atom. The van der Waals surface area contributed by atoms with Gasteiger partial charge in [-0.05, 0) is 25.8 Å². The second-order valence-electron chi connectivity index (χ2n) is 5.01. The normalized spacial score (nSPS) is 17.9. The molecule has 19 heavy (non-hydrogen) atoms. The quantitative estimate of drug-likeness (QED) is 0.840. The fourth-order valence-corrected chi connectivity index (χ4v) is 2.80. The van der Waals surface area contributed by atoms with E-state index in [-0.39, 0.29) is 0 Å². The monoisotopic (exact) mass is 262 g/mol. The van der Waals surface area contributed by atoms with Gasteiger partial charge in [0.2, 0.25) is 11.7 Å². The fraction of sp³-hybridized carbons (Fsp3) is 0.667. The van der Waals surface area contributed by atoms with E-state index in [2.05, 4.69) is 30.9 Å². The van der Waals surface area contributed by atoms with Crippen LogP contribution < -0.4 is 5.32 Å². The molecule has 1 atom stereocenters. The maximum Gasteiger partial charge on any atom is 0.228 e. The number of nitrogens with one attached hydrogen (secondary N) is 2. The van der Waals surface area contributed by atoms with Crippen LogP contribution in [-0.4, -0.2) is 38.6 Å². The Morgan fingerprint density at radius 2 is 2.32 bits per heavy atom. The highest BCUT2D eigenvalue weighted by Gasteiger charge is 2.26. The summed E-state index contributed by atoms with van der Waals surface area (Å²) < 4.78 is 5.30. The Bertz CT molecular complexity index is 502. The van der Waals surface area contributed by atoms with Crippen molar-refractivity contribution < 1.29 is 4.52 Å². The minimum absolute atomic E-state index is 0.410. The molecule has 1 aliphatic carbocycles. The van der Waals surface area contributed by atoms with Gasteiger partial charge < -0.3 is 9.84 Å². The third-order valence-electron chi connectivity index (χ3n) is 3.85. The third-order valence-corrected chi connectivity index (χ3v) is 3.85. The van der Waals surface area contributed by atoms with Crippen LogP contribution in [0.1, 0.15) is 31.6 Å². The summed E-state index contributed by atoms with van der Waals surface area (Å²) in [5.41, 5.74) is 0.608. The largest absolute Gasteiger partial charge is 0.339 e. The lowest BCUT2D eigenvalue weighted by Crippen LogP contribution is -2.34. The van der Waals surface area contributed by atoms with Crippen molar-refractivity contribution in [2.24, 2.45) is 5.92 Å². The summed E-state index contributed by atoms with van der Waals surface area (Å²) in [5.74, 6) is 1.86. The van der Waals surface area contributed by atoms with Gasteiger partial charge >= 0.3 is 0 Å². The summed E-state index contributed by atoms with van der Waals surface area (Å²) in [6, 6.07) is 0.410. The van der Waals surface area contributed by atoms with Gasteiger partial charge in [-0.2, -0.15) is 20.4 Å². The van der Waals surface area contributed by atoms with Gasteiger partial charge in [0, 0.05) is 12.5 Å². The van der Waals surface area contributed by atoms with E-state index < -0.39 is 0 Å². The molecule has 2 aromatic heterocycles. The molecule has 0 amide bonds. The molecule has 0 radical (unpaired) electrons. The Kier molecular flexibility index (Phi) is 3.54. The second-order valence-corrected chi connectivity index (χ2v) is 5.01. The van der Waals surface area contributed by atoms with Crippen LogP contribution in [0.2, 0.25) is 0 Å². The van der Waals surface area contributed by atoms with Crippen molar-refractivity contribution in [3.05, 3.63) is 12.1 Å². The molecule has 0 saturated heterocycles. The molecule has 1 fully saturated rings. The number of hydrogen-bond donors (Lipinski definition) is 2. The summed E-state index contributed by atoms with van der Waals surface area (Å²) in [5, 5.41) is 17.5. The molecular weight excluding hydrogens is 244 g/mol. The number of aromatic nitrogens is 5. The smallest absolute Gasteiger partial charge is 0.228 e. The molecule has 0 aromatic carbocycles. The minimum Gasteiger partial charge on any atom is -0.339 e. The first kappa shape index (κ1) is 12.3. The Hall–Kier alpha value is -1.76. The van der Waals surface area contributed by atoms with Crippen LogP contribution in [0.5, 0.6) is 0 Å². The van der Waals surface area contributed by atoms with Crippen LogP contribution in [0.15, 0.2) is 10.7 Å². The summed E-state index contributed by atoms with van der Waals surface area (Å²) in [4.78, 5) is 4.37. The van der Waals surface area contributed by atoms with Crippen molar-refractivity contribution in [3.8, 4) is 11.5 Å². The molecule has 0 bridgehead atoms. The molecule has 0 spiro atoms. The van der Waals surface area contributed by atoms with Crippen LogP contribution in [0.3, 0.4) is 0 Å². The SMILES string of the molecule is CNC(Cc1nc(-c2cn[nH]n2)no1)C1CCCC1. The average Bonchev–Trinajstić information content (AvgIpc) is 3.15. The predicted octanol–water partition coefficient (Wildman–Crippen LogP) is 1.18. The lowest BCUT2D eigenvalue weighted by Gasteiger charge is -2.20. The van der Waals surface area contributed by atoms with Crippen molar-refractivity contribution in [2.75, 3.05) is 7.05 Å². The molecule has 2 N–H and O–H groups in total. The number of hydrogen-bond acceptors (Lipinski definition) is 6. The fourth-order valence-electron chi connectivity index (χ4n) is 2.80. The summed E-state index contributed by atoms with van der Waals surface area (Å²) in [6.45, 7) is 0.